The van der Waals surface area contributed by atoms with Crippen molar-refractivity contribution in [1.82, 2.24) is 9.97 Å². The van der Waals surface area contributed by atoms with Crippen molar-refractivity contribution in [2.45, 2.75) is 37.5 Å². The van der Waals surface area contributed by atoms with Crippen molar-refractivity contribution < 1.29 is 0 Å². The number of hydrogen-bond acceptors (Lipinski definition) is 3. The fraction of sp³-hybridized carbons (Fsp3) is 0.102. The number of hydrogen-bond donors (Lipinski definition) is 0. The number of nitrogens with zero attached hydrogens (tertiary/aromatic N) is 3. The zero-order valence-corrected chi connectivity index (χ0v) is 34.4. The molecule has 1 saturated carbocycles. The third-order valence-electron chi connectivity index (χ3n) is 13.2. The third-order valence-corrected chi connectivity index (χ3v) is 13.2. The van der Waals surface area contributed by atoms with E-state index in [2.05, 4.69) is 176 Å². The van der Waals surface area contributed by atoms with Crippen molar-refractivity contribution in [1.29, 1.82) is 5.26 Å². The van der Waals surface area contributed by atoms with Gasteiger partial charge in [0.1, 0.15) is 0 Å². The minimum atomic E-state index is -0.00149. The molecule has 1 spiro atoms. The van der Waals surface area contributed by atoms with E-state index in [0.717, 1.165) is 57.6 Å². The van der Waals surface area contributed by atoms with Gasteiger partial charge in [0.15, 0.2) is 5.82 Å². The number of nitriles is 1. The largest absolute Gasteiger partial charge is 0.228 e. The Morgan fingerprint density at radius 1 is 0.371 bits per heavy atom. The molecule has 0 radical (unpaired) electrons. The van der Waals surface area contributed by atoms with E-state index in [1.54, 1.807) is 0 Å². The van der Waals surface area contributed by atoms with Crippen molar-refractivity contribution in [2.24, 2.45) is 0 Å². The summed E-state index contributed by atoms with van der Waals surface area (Å²) in [6, 6.07) is 73.7. The zero-order valence-electron chi connectivity index (χ0n) is 34.4. The van der Waals surface area contributed by atoms with Gasteiger partial charge in [-0.15, -0.1) is 0 Å². The molecular formula is C59H43N3. The van der Waals surface area contributed by atoms with Crippen LogP contribution >= 0.6 is 0 Å². The molecule has 0 unspecified atom stereocenters. The number of fused-ring (bicyclic) bond motifs is 5. The molecule has 0 N–H and O–H groups in total. The van der Waals surface area contributed by atoms with E-state index in [9.17, 15) is 5.26 Å². The highest BCUT2D eigenvalue weighted by Gasteiger charge is 2.44. The summed E-state index contributed by atoms with van der Waals surface area (Å²) >= 11 is 0. The normalized spacial score (nSPS) is 13.6. The molecule has 0 saturated heterocycles. The van der Waals surface area contributed by atoms with Crippen molar-refractivity contribution >= 4 is 0 Å². The van der Waals surface area contributed by atoms with E-state index in [0.29, 0.717) is 5.82 Å². The Morgan fingerprint density at radius 2 is 0.887 bits per heavy atom. The minimum Gasteiger partial charge on any atom is -0.228 e. The van der Waals surface area contributed by atoms with E-state index >= 15 is 0 Å². The van der Waals surface area contributed by atoms with Gasteiger partial charge < -0.3 is 0 Å². The second-order valence-electron chi connectivity index (χ2n) is 16.8. The summed E-state index contributed by atoms with van der Waals surface area (Å²) in [6.07, 6.45) is 6.01. The van der Waals surface area contributed by atoms with Gasteiger partial charge in [0, 0.05) is 22.1 Å². The molecule has 0 bridgehead atoms. The van der Waals surface area contributed by atoms with Crippen molar-refractivity contribution in [3.63, 3.8) is 0 Å². The van der Waals surface area contributed by atoms with Crippen LogP contribution in [0.1, 0.15) is 48.8 Å². The lowest BCUT2D eigenvalue weighted by atomic mass is 9.67. The standard InChI is InChI=1S/C59H43N3/c60-39-40-23-32-52-54(35-40)59(33-8-3-9-34-59)53-22-12-21-51(57(52)53)44-28-24-43(25-29-44)47-17-10-18-48(36-47)49-19-11-20-50(37-49)56-38-55(61-58(62-56)46-15-6-2-7-16-46)45-30-26-42(27-31-45)41-13-4-1-5-14-41/h1-2,4-7,10-32,35-38H,3,8-9,33-34H2. The minimum absolute atomic E-state index is 0.00149. The van der Waals surface area contributed by atoms with Crippen molar-refractivity contribution in [3.8, 4) is 95.6 Å². The predicted octanol–water partition coefficient (Wildman–Crippen LogP) is 15.2. The van der Waals surface area contributed by atoms with Gasteiger partial charge in [0.2, 0.25) is 0 Å². The maximum atomic E-state index is 9.84. The van der Waals surface area contributed by atoms with Crippen LogP contribution in [0.4, 0.5) is 0 Å². The average Bonchev–Trinajstić information content (AvgIpc) is 3.62. The number of aromatic nitrogens is 2. The molecule has 8 aromatic carbocycles. The fourth-order valence-corrected chi connectivity index (χ4v) is 10.1. The molecule has 62 heavy (non-hydrogen) atoms. The highest BCUT2D eigenvalue weighted by atomic mass is 14.9. The molecule has 2 aliphatic carbocycles. The molecule has 0 atom stereocenters. The lowest BCUT2D eigenvalue weighted by Crippen LogP contribution is -2.28. The molecule has 1 aromatic heterocycles. The fourth-order valence-electron chi connectivity index (χ4n) is 10.1. The molecule has 294 valence electrons. The highest BCUT2D eigenvalue weighted by Crippen LogP contribution is 2.58. The summed E-state index contributed by atoms with van der Waals surface area (Å²) in [6.45, 7) is 0. The predicted molar refractivity (Wildman–Crippen MR) is 254 cm³/mol. The van der Waals surface area contributed by atoms with Crippen LogP contribution in [0.5, 0.6) is 0 Å². The van der Waals surface area contributed by atoms with Crippen LogP contribution in [0, 0.1) is 11.3 Å². The number of benzene rings is 8. The summed E-state index contributed by atoms with van der Waals surface area (Å²) in [5.41, 5.74) is 20.5. The van der Waals surface area contributed by atoms with Crippen molar-refractivity contribution in [3.05, 3.63) is 217 Å². The van der Waals surface area contributed by atoms with Gasteiger partial charge in [-0.1, -0.05) is 189 Å². The first-order chi connectivity index (χ1) is 30.6. The Hall–Kier alpha value is -7.67. The summed E-state index contributed by atoms with van der Waals surface area (Å²) in [4.78, 5) is 10.2. The Labute approximate surface area is 363 Å². The monoisotopic (exact) mass is 793 g/mol. The van der Waals surface area contributed by atoms with Gasteiger partial charge >= 0.3 is 0 Å². The quantitative estimate of drug-likeness (QED) is 0.161. The smallest absolute Gasteiger partial charge is 0.160 e. The maximum Gasteiger partial charge on any atom is 0.160 e. The second kappa shape index (κ2) is 15.7. The van der Waals surface area contributed by atoms with Gasteiger partial charge in [-0.2, -0.15) is 5.26 Å². The van der Waals surface area contributed by atoms with Crippen LogP contribution in [-0.4, -0.2) is 9.97 Å². The van der Waals surface area contributed by atoms with Crippen LogP contribution in [0.2, 0.25) is 0 Å². The summed E-state index contributed by atoms with van der Waals surface area (Å²) < 4.78 is 0. The molecule has 1 fully saturated rings. The molecule has 11 rings (SSSR count). The Bertz CT molecular complexity index is 3140. The van der Waals surface area contributed by atoms with Crippen molar-refractivity contribution in [2.75, 3.05) is 0 Å². The Morgan fingerprint density at radius 3 is 1.56 bits per heavy atom. The van der Waals surface area contributed by atoms with E-state index in [-0.39, 0.29) is 5.41 Å². The third kappa shape index (κ3) is 6.71. The molecule has 0 amide bonds. The lowest BCUT2D eigenvalue weighted by Gasteiger charge is -2.36. The van der Waals surface area contributed by atoms with Crippen LogP contribution in [0.3, 0.4) is 0 Å². The van der Waals surface area contributed by atoms with Crippen LogP contribution in [-0.2, 0) is 5.41 Å². The van der Waals surface area contributed by atoms with E-state index in [1.807, 2.05) is 30.3 Å². The first kappa shape index (κ1) is 37.3. The van der Waals surface area contributed by atoms with Crippen LogP contribution < -0.4 is 0 Å². The number of rotatable bonds is 7. The topological polar surface area (TPSA) is 49.6 Å². The van der Waals surface area contributed by atoms with Gasteiger partial charge in [-0.3, -0.25) is 0 Å². The van der Waals surface area contributed by atoms with Crippen LogP contribution in [0.15, 0.2) is 200 Å². The lowest BCUT2D eigenvalue weighted by molar-refractivity contribution is 0.353. The highest BCUT2D eigenvalue weighted by molar-refractivity contribution is 5.93. The molecule has 1 heterocycles. The Kier molecular flexibility index (Phi) is 9.48. The average molecular weight is 794 g/mol. The first-order valence-corrected chi connectivity index (χ1v) is 21.7. The van der Waals surface area contributed by atoms with Gasteiger partial charge in [-0.05, 0) is 110 Å². The van der Waals surface area contributed by atoms with Gasteiger partial charge in [0.05, 0.1) is 23.0 Å². The summed E-state index contributed by atoms with van der Waals surface area (Å²) in [5.74, 6) is 0.701. The van der Waals surface area contributed by atoms with Gasteiger partial charge in [-0.25, -0.2) is 9.97 Å². The molecule has 3 heteroatoms. The second-order valence-corrected chi connectivity index (χ2v) is 16.8. The SMILES string of the molecule is N#Cc1ccc2c(c1)C1(CCCCC1)c1cccc(-c3ccc(-c4cccc(-c5cccc(-c6cc(-c7ccc(-c8ccccc8)cc7)nc(-c7ccccc7)n6)c5)c4)cc3)c1-2. The molecule has 3 nitrogen and oxygen atoms in total. The van der Waals surface area contributed by atoms with E-state index < -0.39 is 0 Å². The van der Waals surface area contributed by atoms with Crippen LogP contribution in [0.25, 0.3) is 89.5 Å². The molecule has 9 aromatic rings. The van der Waals surface area contributed by atoms with Gasteiger partial charge in [0.25, 0.3) is 0 Å². The molecular weight excluding hydrogens is 751 g/mol. The summed E-state index contributed by atoms with van der Waals surface area (Å²) in [7, 11) is 0. The van der Waals surface area contributed by atoms with E-state index in [1.165, 1.54) is 74.9 Å². The Balaban J connectivity index is 0.915. The summed E-state index contributed by atoms with van der Waals surface area (Å²) in [5, 5.41) is 9.84. The molecule has 2 aliphatic rings. The zero-order chi connectivity index (χ0) is 41.5. The first-order valence-electron chi connectivity index (χ1n) is 21.7. The van der Waals surface area contributed by atoms with E-state index in [4.69, 9.17) is 9.97 Å². The molecule has 0 aliphatic heterocycles. The maximum absolute atomic E-state index is 9.84.